The Hall–Kier alpha value is -0.760. The molecule has 0 aromatic carbocycles. The smallest absolute Gasteiger partial charge is 0.252 e. The van der Waals surface area contributed by atoms with Gasteiger partial charge in [0.25, 0.3) is 10.0 Å². The van der Waals surface area contributed by atoms with E-state index in [2.05, 4.69) is 20.9 Å². The minimum absolute atomic E-state index is 0.357. The zero-order valence-electron chi connectivity index (χ0n) is 10.3. The summed E-state index contributed by atoms with van der Waals surface area (Å²) < 4.78 is 27.6. The van der Waals surface area contributed by atoms with Crippen LogP contribution < -0.4 is 0 Å². The highest BCUT2D eigenvalue weighted by atomic mass is 79.9. The van der Waals surface area contributed by atoms with E-state index < -0.39 is 10.0 Å². The summed E-state index contributed by atoms with van der Waals surface area (Å²) in [4.78, 5) is 3.93. The van der Waals surface area contributed by atoms with Gasteiger partial charge in [-0.15, -0.1) is 11.3 Å². The van der Waals surface area contributed by atoms with Crippen molar-refractivity contribution in [1.29, 1.82) is 0 Å². The van der Waals surface area contributed by atoms with Crippen LogP contribution in [0.15, 0.2) is 44.7 Å². The lowest BCUT2D eigenvalue weighted by Crippen LogP contribution is -2.29. The van der Waals surface area contributed by atoms with Gasteiger partial charge in [0, 0.05) is 25.5 Å². The number of aromatic nitrogens is 1. The predicted molar refractivity (Wildman–Crippen MR) is 79.5 cm³/mol. The number of pyridine rings is 1. The van der Waals surface area contributed by atoms with Crippen LogP contribution in [0.4, 0.5) is 0 Å². The van der Waals surface area contributed by atoms with Crippen LogP contribution >= 0.6 is 27.3 Å². The Bertz CT molecular complexity index is 641. The molecule has 0 fully saturated rings. The Labute approximate surface area is 125 Å². The number of rotatable bonds is 5. The van der Waals surface area contributed by atoms with E-state index in [4.69, 9.17) is 0 Å². The first-order chi connectivity index (χ1) is 9.04. The number of thiophene rings is 1. The van der Waals surface area contributed by atoms with Crippen molar-refractivity contribution in [2.45, 2.75) is 17.7 Å². The Morgan fingerprint density at radius 1 is 1.26 bits per heavy atom. The third-order valence-corrected chi connectivity index (χ3v) is 6.62. The first-order valence-electron chi connectivity index (χ1n) is 5.68. The highest BCUT2D eigenvalue weighted by Gasteiger charge is 2.24. The number of sulfonamides is 1. The van der Waals surface area contributed by atoms with Gasteiger partial charge in [0.05, 0.1) is 3.79 Å². The number of nitrogens with zero attached hydrogens (tertiary/aromatic N) is 2. The fourth-order valence-corrected chi connectivity index (χ4v) is 5.22. The molecule has 2 heterocycles. The fourth-order valence-electron chi connectivity index (χ4n) is 1.62. The maximum absolute atomic E-state index is 12.5. The molecule has 0 atom stereocenters. The molecule has 102 valence electrons. The quantitative estimate of drug-likeness (QED) is 0.822. The first kappa shape index (κ1) is 14.6. The second kappa shape index (κ2) is 6.13. The largest absolute Gasteiger partial charge is 0.265 e. The molecular formula is C12H13BrN2O2S2. The Morgan fingerprint density at radius 2 is 1.95 bits per heavy atom. The van der Waals surface area contributed by atoms with Crippen molar-refractivity contribution in [2.75, 3.05) is 6.54 Å². The molecule has 7 heteroatoms. The summed E-state index contributed by atoms with van der Waals surface area (Å²) in [6, 6.07) is 7.02. The van der Waals surface area contributed by atoms with Gasteiger partial charge in [-0.1, -0.05) is 6.92 Å². The molecule has 0 aliphatic heterocycles. The monoisotopic (exact) mass is 360 g/mol. The molecule has 0 saturated carbocycles. The lowest BCUT2D eigenvalue weighted by atomic mass is 10.3. The molecule has 0 aliphatic carbocycles. The van der Waals surface area contributed by atoms with Gasteiger partial charge in [-0.2, -0.15) is 4.31 Å². The molecule has 0 spiro atoms. The van der Waals surface area contributed by atoms with E-state index >= 15 is 0 Å². The third kappa shape index (κ3) is 3.42. The maximum Gasteiger partial charge on any atom is 0.252 e. The van der Waals surface area contributed by atoms with Crippen molar-refractivity contribution in [3.8, 4) is 0 Å². The summed E-state index contributed by atoms with van der Waals surface area (Å²) in [5.74, 6) is 0. The Kier molecular flexibility index (Phi) is 4.72. The molecule has 2 rings (SSSR count). The van der Waals surface area contributed by atoms with Gasteiger partial charge in [0.2, 0.25) is 0 Å². The summed E-state index contributed by atoms with van der Waals surface area (Å²) in [6.45, 7) is 2.62. The molecular weight excluding hydrogens is 348 g/mol. The average molecular weight is 361 g/mol. The van der Waals surface area contributed by atoms with Gasteiger partial charge in [-0.05, 0) is 45.8 Å². The van der Waals surface area contributed by atoms with Gasteiger partial charge in [0.1, 0.15) is 4.21 Å². The summed E-state index contributed by atoms with van der Waals surface area (Å²) in [7, 11) is -3.43. The standard InChI is InChI=1S/C12H13BrN2O2S2/c1-2-15(9-10-5-7-14-8-6-10)19(16,17)12-4-3-11(13)18-12/h3-8H,2,9H2,1H3. The zero-order chi connectivity index (χ0) is 13.9. The van der Waals surface area contributed by atoms with E-state index in [1.54, 1.807) is 24.5 Å². The number of hydrogen-bond donors (Lipinski definition) is 0. The van der Waals surface area contributed by atoms with Crippen LogP contribution in [-0.4, -0.2) is 24.3 Å². The second-order valence-electron chi connectivity index (χ2n) is 3.85. The molecule has 4 nitrogen and oxygen atoms in total. The topological polar surface area (TPSA) is 50.3 Å². The summed E-state index contributed by atoms with van der Waals surface area (Å²) in [6.07, 6.45) is 3.33. The Morgan fingerprint density at radius 3 is 2.47 bits per heavy atom. The van der Waals surface area contributed by atoms with Gasteiger partial charge in [-0.25, -0.2) is 8.42 Å². The maximum atomic E-state index is 12.5. The SMILES string of the molecule is CCN(Cc1ccncc1)S(=O)(=O)c1ccc(Br)s1. The van der Waals surface area contributed by atoms with Crippen LogP contribution in [0.2, 0.25) is 0 Å². The van der Waals surface area contributed by atoms with Gasteiger partial charge < -0.3 is 0 Å². The normalized spacial score (nSPS) is 11.9. The second-order valence-corrected chi connectivity index (χ2v) is 8.47. The van der Waals surface area contributed by atoms with Crippen molar-refractivity contribution >= 4 is 37.3 Å². The van der Waals surface area contributed by atoms with Crippen LogP contribution in [0.25, 0.3) is 0 Å². The highest BCUT2D eigenvalue weighted by Crippen LogP contribution is 2.29. The summed E-state index contributed by atoms with van der Waals surface area (Å²) in [5, 5.41) is 0. The van der Waals surface area contributed by atoms with Crippen molar-refractivity contribution in [2.24, 2.45) is 0 Å². The third-order valence-electron chi connectivity index (χ3n) is 2.60. The predicted octanol–water partition coefficient (Wildman–Crippen LogP) is 3.12. The highest BCUT2D eigenvalue weighted by molar-refractivity contribution is 9.11. The van der Waals surface area contributed by atoms with Gasteiger partial charge >= 0.3 is 0 Å². The van der Waals surface area contributed by atoms with Crippen molar-refractivity contribution in [1.82, 2.24) is 9.29 Å². The zero-order valence-corrected chi connectivity index (χ0v) is 13.5. The van der Waals surface area contributed by atoms with Crippen LogP contribution in [0, 0.1) is 0 Å². The minimum Gasteiger partial charge on any atom is -0.265 e. The molecule has 0 N–H and O–H groups in total. The molecule has 2 aromatic heterocycles. The van der Waals surface area contributed by atoms with E-state index in [0.717, 1.165) is 9.35 Å². The Balaban J connectivity index is 2.27. The van der Waals surface area contributed by atoms with E-state index in [1.165, 1.54) is 15.6 Å². The first-order valence-corrected chi connectivity index (χ1v) is 8.73. The van der Waals surface area contributed by atoms with E-state index in [9.17, 15) is 8.42 Å². The lowest BCUT2D eigenvalue weighted by molar-refractivity contribution is 0.424. The van der Waals surface area contributed by atoms with Crippen molar-refractivity contribution < 1.29 is 8.42 Å². The number of halogens is 1. The molecule has 0 unspecified atom stereocenters. The van der Waals surface area contributed by atoms with Crippen LogP contribution in [0.5, 0.6) is 0 Å². The van der Waals surface area contributed by atoms with Crippen LogP contribution in [-0.2, 0) is 16.6 Å². The minimum atomic E-state index is -3.43. The average Bonchev–Trinajstić information content (AvgIpc) is 2.84. The summed E-state index contributed by atoms with van der Waals surface area (Å²) >= 11 is 4.51. The molecule has 0 saturated heterocycles. The van der Waals surface area contributed by atoms with E-state index in [-0.39, 0.29) is 0 Å². The molecule has 0 radical (unpaired) electrons. The van der Waals surface area contributed by atoms with E-state index in [0.29, 0.717) is 17.3 Å². The molecule has 0 amide bonds. The van der Waals surface area contributed by atoms with Gasteiger partial charge in [-0.3, -0.25) is 4.98 Å². The van der Waals surface area contributed by atoms with Crippen LogP contribution in [0.3, 0.4) is 0 Å². The number of hydrogen-bond acceptors (Lipinski definition) is 4. The summed E-state index contributed by atoms with van der Waals surface area (Å²) in [5.41, 5.74) is 0.927. The molecule has 0 bridgehead atoms. The molecule has 19 heavy (non-hydrogen) atoms. The molecule has 2 aromatic rings. The van der Waals surface area contributed by atoms with E-state index in [1.807, 2.05) is 19.1 Å². The van der Waals surface area contributed by atoms with Crippen molar-refractivity contribution in [3.63, 3.8) is 0 Å². The lowest BCUT2D eigenvalue weighted by Gasteiger charge is -2.19. The fraction of sp³-hybridized carbons (Fsp3) is 0.250. The van der Waals surface area contributed by atoms with Crippen LogP contribution in [0.1, 0.15) is 12.5 Å². The molecule has 0 aliphatic rings. The van der Waals surface area contributed by atoms with Gasteiger partial charge in [0.15, 0.2) is 0 Å². The van der Waals surface area contributed by atoms with Crippen molar-refractivity contribution in [3.05, 3.63) is 46.0 Å².